The minimum absolute atomic E-state index is 0.0694. The summed E-state index contributed by atoms with van der Waals surface area (Å²) >= 11 is 1.10. The van der Waals surface area contributed by atoms with Crippen molar-refractivity contribution in [2.75, 3.05) is 6.61 Å². The zero-order chi connectivity index (χ0) is 22.0. The fourth-order valence-electron chi connectivity index (χ4n) is 3.52. The fourth-order valence-corrected chi connectivity index (χ4v) is 4.38. The number of amides is 1. The smallest absolute Gasteiger partial charge is 0.422 e. The van der Waals surface area contributed by atoms with E-state index < -0.39 is 12.8 Å². The second-order valence-electron chi connectivity index (χ2n) is 7.64. The first-order valence-electron chi connectivity index (χ1n) is 9.95. The molecule has 1 fully saturated rings. The van der Waals surface area contributed by atoms with Crippen LogP contribution in [0.15, 0.2) is 54.9 Å². The van der Waals surface area contributed by atoms with E-state index in [0.29, 0.717) is 6.54 Å². The van der Waals surface area contributed by atoms with Gasteiger partial charge in [0.2, 0.25) is 5.91 Å². The van der Waals surface area contributed by atoms with Crippen LogP contribution in [0.1, 0.15) is 41.6 Å². The number of benzene rings is 1. The molecule has 1 aliphatic rings. The molecule has 0 aliphatic heterocycles. The Hall–Kier alpha value is -2.81. The summed E-state index contributed by atoms with van der Waals surface area (Å²) in [7, 11) is 0. The first kappa shape index (κ1) is 21.4. The molecule has 1 aliphatic carbocycles. The van der Waals surface area contributed by atoms with Gasteiger partial charge in [0, 0.05) is 35.7 Å². The van der Waals surface area contributed by atoms with Crippen molar-refractivity contribution in [3.8, 4) is 5.06 Å². The molecule has 0 bridgehead atoms. The quantitative estimate of drug-likeness (QED) is 0.531. The van der Waals surface area contributed by atoms with E-state index in [1.807, 2.05) is 31.3 Å². The van der Waals surface area contributed by atoms with Crippen LogP contribution in [0.2, 0.25) is 0 Å². The number of alkyl halides is 3. The number of ether oxygens (including phenoxy) is 1. The molecule has 0 radical (unpaired) electrons. The molecular weight excluding hydrogens is 427 g/mol. The number of nitrogens with zero attached hydrogens (tertiary/aromatic N) is 2. The molecule has 5 nitrogen and oxygen atoms in total. The number of aromatic nitrogens is 2. The van der Waals surface area contributed by atoms with Crippen LogP contribution in [0.4, 0.5) is 13.2 Å². The second kappa shape index (κ2) is 8.74. The zero-order valence-corrected chi connectivity index (χ0v) is 17.6. The van der Waals surface area contributed by atoms with Gasteiger partial charge in [0.1, 0.15) is 5.82 Å². The number of hydrogen-bond donors (Lipinski definition) is 1. The van der Waals surface area contributed by atoms with Crippen LogP contribution in [0.25, 0.3) is 0 Å². The normalized spacial score (nSPS) is 19.1. The summed E-state index contributed by atoms with van der Waals surface area (Å²) in [5.41, 5.74) is 1.17. The van der Waals surface area contributed by atoms with Crippen molar-refractivity contribution in [1.29, 1.82) is 0 Å². The zero-order valence-electron chi connectivity index (χ0n) is 16.8. The number of imidazole rings is 1. The SMILES string of the molecule is CC(NC(=O)C1CC1c1nccn1Cc1ccccc1)c1ccc(OCC(F)(F)F)s1. The first-order valence-corrected chi connectivity index (χ1v) is 10.8. The summed E-state index contributed by atoms with van der Waals surface area (Å²) in [5.74, 6) is 0.744. The van der Waals surface area contributed by atoms with Gasteiger partial charge in [0.25, 0.3) is 0 Å². The highest BCUT2D eigenvalue weighted by Gasteiger charge is 2.46. The Bertz CT molecular complexity index is 1030. The minimum Gasteiger partial charge on any atom is -0.475 e. The maximum atomic E-state index is 12.7. The van der Waals surface area contributed by atoms with Crippen LogP contribution in [0.5, 0.6) is 5.06 Å². The lowest BCUT2D eigenvalue weighted by Crippen LogP contribution is -2.28. The van der Waals surface area contributed by atoms with Crippen LogP contribution < -0.4 is 10.1 Å². The van der Waals surface area contributed by atoms with Gasteiger partial charge in [-0.25, -0.2) is 4.98 Å². The van der Waals surface area contributed by atoms with E-state index in [1.165, 1.54) is 11.6 Å². The topological polar surface area (TPSA) is 56.2 Å². The van der Waals surface area contributed by atoms with E-state index in [1.54, 1.807) is 12.3 Å². The van der Waals surface area contributed by atoms with Crippen LogP contribution in [-0.4, -0.2) is 28.2 Å². The average molecular weight is 449 g/mol. The van der Waals surface area contributed by atoms with E-state index in [0.717, 1.165) is 28.5 Å². The Labute approximate surface area is 181 Å². The highest BCUT2D eigenvalue weighted by Crippen LogP contribution is 2.47. The molecule has 31 heavy (non-hydrogen) atoms. The Balaban J connectivity index is 1.32. The fraction of sp³-hybridized carbons (Fsp3) is 0.364. The predicted molar refractivity (Wildman–Crippen MR) is 111 cm³/mol. The first-order chi connectivity index (χ1) is 14.8. The van der Waals surface area contributed by atoms with Crippen molar-refractivity contribution in [3.63, 3.8) is 0 Å². The molecule has 1 saturated carbocycles. The van der Waals surface area contributed by atoms with E-state index >= 15 is 0 Å². The van der Waals surface area contributed by atoms with Gasteiger partial charge >= 0.3 is 6.18 Å². The molecule has 1 N–H and O–H groups in total. The maximum Gasteiger partial charge on any atom is 0.422 e. The van der Waals surface area contributed by atoms with E-state index in [2.05, 4.69) is 27.0 Å². The van der Waals surface area contributed by atoms with Crippen molar-refractivity contribution in [2.45, 2.75) is 38.0 Å². The number of carbonyl (C=O) groups is 1. The predicted octanol–water partition coefficient (Wildman–Crippen LogP) is 4.91. The van der Waals surface area contributed by atoms with Crippen molar-refractivity contribution >= 4 is 17.2 Å². The second-order valence-corrected chi connectivity index (χ2v) is 8.72. The van der Waals surface area contributed by atoms with Crippen LogP contribution in [0.3, 0.4) is 0 Å². The largest absolute Gasteiger partial charge is 0.475 e. The number of nitrogens with one attached hydrogen (secondary N) is 1. The minimum atomic E-state index is -4.38. The van der Waals surface area contributed by atoms with E-state index in [4.69, 9.17) is 4.74 Å². The van der Waals surface area contributed by atoms with Crippen LogP contribution in [-0.2, 0) is 11.3 Å². The molecule has 3 unspecified atom stereocenters. The summed E-state index contributed by atoms with van der Waals surface area (Å²) in [4.78, 5) is 17.9. The van der Waals surface area contributed by atoms with Gasteiger partial charge < -0.3 is 14.6 Å². The lowest BCUT2D eigenvalue weighted by Gasteiger charge is -2.13. The summed E-state index contributed by atoms with van der Waals surface area (Å²) in [6.45, 7) is 1.19. The highest BCUT2D eigenvalue weighted by molar-refractivity contribution is 7.13. The number of rotatable bonds is 8. The van der Waals surface area contributed by atoms with Gasteiger partial charge in [-0.3, -0.25) is 4.79 Å². The molecule has 4 rings (SSSR count). The highest BCUT2D eigenvalue weighted by atomic mass is 32.1. The Morgan fingerprint density at radius 1 is 1.29 bits per heavy atom. The van der Waals surface area contributed by atoms with E-state index in [-0.39, 0.29) is 28.8 Å². The number of halogens is 3. The van der Waals surface area contributed by atoms with Crippen molar-refractivity contribution in [1.82, 2.24) is 14.9 Å². The molecule has 2 heterocycles. The monoisotopic (exact) mass is 449 g/mol. The Morgan fingerprint density at radius 2 is 2.06 bits per heavy atom. The van der Waals surface area contributed by atoms with Crippen molar-refractivity contribution < 1.29 is 22.7 Å². The molecule has 1 aromatic carbocycles. The lowest BCUT2D eigenvalue weighted by molar-refractivity contribution is -0.152. The van der Waals surface area contributed by atoms with Gasteiger partial charge in [0.15, 0.2) is 11.7 Å². The Morgan fingerprint density at radius 3 is 2.81 bits per heavy atom. The van der Waals surface area contributed by atoms with Crippen LogP contribution in [0, 0.1) is 5.92 Å². The van der Waals surface area contributed by atoms with Crippen molar-refractivity contribution in [2.24, 2.45) is 5.92 Å². The number of thiophene rings is 1. The van der Waals surface area contributed by atoms with Gasteiger partial charge in [0.05, 0.1) is 6.04 Å². The molecule has 1 amide bonds. The summed E-state index contributed by atoms with van der Waals surface area (Å²) in [5, 5.41) is 3.14. The molecule has 0 spiro atoms. The molecule has 164 valence electrons. The van der Waals surface area contributed by atoms with Gasteiger partial charge in [-0.2, -0.15) is 13.2 Å². The van der Waals surface area contributed by atoms with Gasteiger partial charge in [-0.05, 0) is 31.0 Å². The molecule has 0 saturated heterocycles. The Kier molecular flexibility index (Phi) is 6.04. The average Bonchev–Trinajstić information content (AvgIpc) is 3.15. The van der Waals surface area contributed by atoms with Crippen LogP contribution >= 0.6 is 11.3 Å². The van der Waals surface area contributed by atoms with E-state index in [9.17, 15) is 18.0 Å². The van der Waals surface area contributed by atoms with Gasteiger partial charge in [-0.15, -0.1) is 11.3 Å². The summed E-state index contributed by atoms with van der Waals surface area (Å²) in [6.07, 6.45) is 0.0284. The standard InChI is InChI=1S/C22H22F3N3O2S/c1-14(18-7-8-19(31-18)30-13-22(23,24)25)27-21(29)17-11-16(17)20-26-9-10-28(20)12-15-5-3-2-4-6-15/h2-10,14,16-17H,11-13H2,1H3,(H,27,29). The molecule has 3 aromatic rings. The maximum absolute atomic E-state index is 12.7. The lowest BCUT2D eigenvalue weighted by atomic mass is 10.2. The van der Waals surface area contributed by atoms with Crippen molar-refractivity contribution in [3.05, 3.63) is 71.1 Å². The van der Waals surface area contributed by atoms with Gasteiger partial charge in [-0.1, -0.05) is 30.3 Å². The molecule has 9 heteroatoms. The molecule has 2 aromatic heterocycles. The third kappa shape index (κ3) is 5.46. The third-order valence-corrected chi connectivity index (χ3v) is 6.35. The number of carbonyl (C=O) groups excluding carboxylic acids is 1. The summed E-state index contributed by atoms with van der Waals surface area (Å²) < 4.78 is 43.7. The third-order valence-electron chi connectivity index (χ3n) is 5.17. The molecular formula is C22H22F3N3O2S. The number of hydrogen-bond acceptors (Lipinski definition) is 4. The summed E-state index contributed by atoms with van der Waals surface area (Å²) in [6, 6.07) is 12.9. The molecule has 3 atom stereocenters.